The van der Waals surface area contributed by atoms with Crippen molar-refractivity contribution in [3.8, 4) is 0 Å². The minimum atomic E-state index is -0.168. The maximum absolute atomic E-state index is 13.8. The van der Waals surface area contributed by atoms with Gasteiger partial charge in [-0.1, -0.05) is 43.7 Å². The standard InChI is InChI=1S/C36H48N4O3/c1-7-40(28-12-14-43-15-13-28)34-18-27(26-8-10-29-30(11-9-26)33(29)20-37-19-22(2)3)17-31(25(34)6)35(41)38-21-32-23(4)16-24(5)39-36(32)42/h8-11,16-18,22,28-29,33,37H,7,12-15,19-21H2,1-6H3,(H,38,41)(H,39,42). The van der Waals surface area contributed by atoms with Crippen LogP contribution in [0.5, 0.6) is 0 Å². The number of pyridine rings is 1. The fourth-order valence-corrected chi connectivity index (χ4v) is 6.64. The number of nitrogens with zero attached hydrogens (tertiary/aromatic N) is 1. The summed E-state index contributed by atoms with van der Waals surface area (Å²) in [5.74, 6) is 1.53. The molecule has 1 saturated carbocycles. The third-order valence-corrected chi connectivity index (χ3v) is 9.15. The number of benzene rings is 1. The number of carbonyl (C=O) groups is 1. The fraction of sp³-hybridized carbons (Fsp3) is 0.500. The number of hydrogen-bond acceptors (Lipinski definition) is 5. The van der Waals surface area contributed by atoms with Gasteiger partial charge in [-0.05, 0) is 93.5 Å². The number of hydrogen-bond donors (Lipinski definition) is 3. The Bertz CT molecular complexity index is 1490. The zero-order valence-electron chi connectivity index (χ0n) is 26.7. The summed E-state index contributed by atoms with van der Waals surface area (Å²) in [6.07, 6.45) is 11.0. The van der Waals surface area contributed by atoms with E-state index in [1.807, 2.05) is 32.9 Å². The Balaban J connectivity index is 1.45. The van der Waals surface area contributed by atoms with Gasteiger partial charge >= 0.3 is 0 Å². The third-order valence-electron chi connectivity index (χ3n) is 9.15. The highest BCUT2D eigenvalue weighted by Gasteiger charge is 2.41. The molecule has 5 rings (SSSR count). The molecule has 1 saturated heterocycles. The van der Waals surface area contributed by atoms with Gasteiger partial charge in [0, 0.05) is 73.2 Å². The highest BCUT2D eigenvalue weighted by Crippen LogP contribution is 2.48. The number of H-pyrrole nitrogens is 1. The second-order valence-electron chi connectivity index (χ2n) is 12.8. The fourth-order valence-electron chi connectivity index (χ4n) is 6.64. The maximum Gasteiger partial charge on any atom is 0.253 e. The van der Waals surface area contributed by atoms with Crippen molar-refractivity contribution in [2.24, 2.45) is 17.8 Å². The quantitative estimate of drug-likeness (QED) is 0.320. The average molecular weight is 585 g/mol. The Morgan fingerprint density at radius 1 is 1.12 bits per heavy atom. The molecule has 2 atom stereocenters. The van der Waals surface area contributed by atoms with Crippen LogP contribution >= 0.6 is 0 Å². The van der Waals surface area contributed by atoms with Crippen molar-refractivity contribution in [3.05, 3.63) is 91.9 Å². The van der Waals surface area contributed by atoms with Gasteiger partial charge in [-0.25, -0.2) is 0 Å². The van der Waals surface area contributed by atoms with Crippen LogP contribution < -0.4 is 21.1 Å². The van der Waals surface area contributed by atoms with E-state index < -0.39 is 0 Å². The summed E-state index contributed by atoms with van der Waals surface area (Å²) < 4.78 is 5.67. The number of aromatic nitrogens is 1. The molecule has 2 aliphatic carbocycles. The smallest absolute Gasteiger partial charge is 0.253 e. The minimum Gasteiger partial charge on any atom is -0.381 e. The molecule has 0 bridgehead atoms. The van der Waals surface area contributed by atoms with E-state index in [9.17, 15) is 9.59 Å². The summed E-state index contributed by atoms with van der Waals surface area (Å²) >= 11 is 0. The summed E-state index contributed by atoms with van der Waals surface area (Å²) in [5.41, 5.74) is 8.43. The molecule has 1 amide bonds. The second-order valence-corrected chi connectivity index (χ2v) is 12.8. The zero-order chi connectivity index (χ0) is 30.7. The summed E-state index contributed by atoms with van der Waals surface area (Å²) in [7, 11) is 0. The number of rotatable bonds is 11. The molecule has 2 aromatic rings. The maximum atomic E-state index is 13.8. The minimum absolute atomic E-state index is 0.154. The molecule has 2 unspecified atom stereocenters. The molecule has 2 heterocycles. The lowest BCUT2D eigenvalue weighted by Gasteiger charge is -2.37. The van der Waals surface area contributed by atoms with Gasteiger partial charge in [0.05, 0.1) is 0 Å². The van der Waals surface area contributed by atoms with E-state index in [-0.39, 0.29) is 18.0 Å². The van der Waals surface area contributed by atoms with Crippen LogP contribution in [0.2, 0.25) is 0 Å². The number of aryl methyl sites for hydroxylation is 2. The van der Waals surface area contributed by atoms with Gasteiger partial charge in [0.15, 0.2) is 0 Å². The van der Waals surface area contributed by atoms with Crippen LogP contribution in [0.1, 0.15) is 71.9 Å². The molecule has 2 fully saturated rings. The zero-order valence-corrected chi connectivity index (χ0v) is 26.7. The van der Waals surface area contributed by atoms with E-state index in [1.54, 1.807) is 0 Å². The molecule has 7 nitrogen and oxygen atoms in total. The van der Waals surface area contributed by atoms with Crippen LogP contribution in [0.15, 0.2) is 52.9 Å². The van der Waals surface area contributed by atoms with Crippen LogP contribution in [-0.4, -0.2) is 49.8 Å². The molecule has 1 aromatic heterocycles. The topological polar surface area (TPSA) is 86.5 Å². The molecular formula is C36H48N4O3. The van der Waals surface area contributed by atoms with Gasteiger partial charge in [0.25, 0.3) is 11.5 Å². The normalized spacial score (nSPS) is 19.9. The Labute approximate surface area is 256 Å². The summed E-state index contributed by atoms with van der Waals surface area (Å²) in [6.45, 7) is 17.1. The molecule has 1 aromatic carbocycles. The first-order valence-corrected chi connectivity index (χ1v) is 16.0. The van der Waals surface area contributed by atoms with Crippen molar-refractivity contribution >= 4 is 17.2 Å². The van der Waals surface area contributed by atoms with E-state index in [1.165, 1.54) is 5.57 Å². The van der Waals surface area contributed by atoms with Gasteiger partial charge < -0.3 is 25.3 Å². The van der Waals surface area contributed by atoms with Gasteiger partial charge in [-0.15, -0.1) is 0 Å². The highest BCUT2D eigenvalue weighted by atomic mass is 16.5. The number of fused-ring (bicyclic) bond motifs is 1. The summed E-state index contributed by atoms with van der Waals surface area (Å²) in [6, 6.07) is 6.58. The van der Waals surface area contributed by atoms with E-state index in [0.29, 0.717) is 34.9 Å². The molecule has 7 heteroatoms. The van der Waals surface area contributed by atoms with Crippen molar-refractivity contribution in [3.63, 3.8) is 0 Å². The van der Waals surface area contributed by atoms with E-state index in [0.717, 1.165) is 79.3 Å². The first kappa shape index (κ1) is 31.0. The molecular weight excluding hydrogens is 536 g/mol. The Morgan fingerprint density at radius 2 is 1.88 bits per heavy atom. The SMILES string of the molecule is CCN(c1cc(C2=CC=C3C(C=C2)C3CNCC(C)C)cc(C(=O)NCc2c(C)cc(C)[nH]c2=O)c1C)C1CCOCC1. The Kier molecular flexibility index (Phi) is 9.72. The number of amides is 1. The lowest BCUT2D eigenvalue weighted by atomic mass is 9.94. The molecule has 3 aliphatic rings. The van der Waals surface area contributed by atoms with E-state index in [2.05, 4.69) is 71.7 Å². The van der Waals surface area contributed by atoms with Crippen molar-refractivity contribution in [1.82, 2.24) is 15.6 Å². The van der Waals surface area contributed by atoms with E-state index >= 15 is 0 Å². The first-order chi connectivity index (χ1) is 20.7. The molecule has 230 valence electrons. The molecule has 3 N–H and O–H groups in total. The highest BCUT2D eigenvalue weighted by molar-refractivity contribution is 5.99. The molecule has 1 aliphatic heterocycles. The Morgan fingerprint density at radius 3 is 2.58 bits per heavy atom. The van der Waals surface area contributed by atoms with Crippen LogP contribution in [0, 0.1) is 38.5 Å². The molecule has 0 spiro atoms. The average Bonchev–Trinajstić information content (AvgIpc) is 3.69. The van der Waals surface area contributed by atoms with Crippen LogP contribution in [0.25, 0.3) is 5.57 Å². The van der Waals surface area contributed by atoms with E-state index in [4.69, 9.17) is 4.74 Å². The monoisotopic (exact) mass is 584 g/mol. The summed E-state index contributed by atoms with van der Waals surface area (Å²) in [5, 5.41) is 6.66. The lowest BCUT2D eigenvalue weighted by Crippen LogP contribution is -2.40. The van der Waals surface area contributed by atoms with Crippen molar-refractivity contribution in [2.45, 2.75) is 67.0 Å². The number of anilines is 1. The first-order valence-electron chi connectivity index (χ1n) is 16.0. The largest absolute Gasteiger partial charge is 0.381 e. The van der Waals surface area contributed by atoms with Crippen molar-refractivity contribution < 1.29 is 9.53 Å². The summed E-state index contributed by atoms with van der Waals surface area (Å²) in [4.78, 5) is 31.7. The third kappa shape index (κ3) is 7.05. The predicted molar refractivity (Wildman–Crippen MR) is 176 cm³/mol. The van der Waals surface area contributed by atoms with Gasteiger partial charge in [-0.2, -0.15) is 0 Å². The molecule has 43 heavy (non-hydrogen) atoms. The van der Waals surface area contributed by atoms with Gasteiger partial charge in [0.2, 0.25) is 0 Å². The number of aromatic amines is 1. The van der Waals surface area contributed by atoms with Gasteiger partial charge in [-0.3, -0.25) is 9.59 Å². The second kappa shape index (κ2) is 13.5. The lowest BCUT2D eigenvalue weighted by molar-refractivity contribution is 0.0845. The number of allylic oxidation sites excluding steroid dienone is 5. The van der Waals surface area contributed by atoms with Crippen molar-refractivity contribution in [2.75, 3.05) is 37.7 Å². The van der Waals surface area contributed by atoms with Crippen LogP contribution in [-0.2, 0) is 11.3 Å². The number of nitrogens with one attached hydrogen (secondary N) is 3. The Hall–Kier alpha value is -3.42. The van der Waals surface area contributed by atoms with Crippen LogP contribution in [0.3, 0.4) is 0 Å². The van der Waals surface area contributed by atoms with Crippen molar-refractivity contribution in [1.29, 1.82) is 0 Å². The predicted octanol–water partition coefficient (Wildman–Crippen LogP) is 5.61. The number of carbonyl (C=O) groups excluding carboxylic acids is 1. The van der Waals surface area contributed by atoms with Crippen LogP contribution in [0.4, 0.5) is 5.69 Å². The van der Waals surface area contributed by atoms with Gasteiger partial charge in [0.1, 0.15) is 0 Å². The number of ether oxygens (including phenoxy) is 1. The molecule has 0 radical (unpaired) electrons.